The summed E-state index contributed by atoms with van der Waals surface area (Å²) in [6.45, 7) is 9.93. The van der Waals surface area contributed by atoms with Crippen LogP contribution in [0.3, 0.4) is 0 Å². The van der Waals surface area contributed by atoms with E-state index in [1.165, 1.54) is 35.8 Å². The lowest BCUT2D eigenvalue weighted by atomic mass is 9.98. The fourth-order valence-corrected chi connectivity index (χ4v) is 3.13. The molecule has 0 spiro atoms. The molecule has 1 N–H and O–H groups in total. The van der Waals surface area contributed by atoms with Gasteiger partial charge in [-0.05, 0) is 61.8 Å². The number of fused-ring (bicyclic) bond motifs is 1. The number of benzene rings is 1. The highest BCUT2D eigenvalue weighted by Gasteiger charge is 2.34. The fourth-order valence-electron chi connectivity index (χ4n) is 3.13. The molecule has 0 radical (unpaired) electrons. The van der Waals surface area contributed by atoms with Gasteiger partial charge in [-0.3, -0.25) is 0 Å². The van der Waals surface area contributed by atoms with Gasteiger partial charge in [-0.2, -0.15) is 0 Å². The second-order valence-electron chi connectivity index (χ2n) is 6.79. The molecule has 2 heteroatoms. The van der Waals surface area contributed by atoms with Gasteiger partial charge in [0.25, 0.3) is 0 Å². The Morgan fingerprint density at radius 2 is 2.05 bits per heavy atom. The van der Waals surface area contributed by atoms with Crippen molar-refractivity contribution in [3.8, 4) is 0 Å². The molecule has 2 nitrogen and oxygen atoms in total. The van der Waals surface area contributed by atoms with Gasteiger partial charge in [0.1, 0.15) is 11.3 Å². The molecule has 0 aliphatic heterocycles. The summed E-state index contributed by atoms with van der Waals surface area (Å²) in [6.07, 6.45) is 3.82. The summed E-state index contributed by atoms with van der Waals surface area (Å²) in [4.78, 5) is 0. The van der Waals surface area contributed by atoms with Gasteiger partial charge >= 0.3 is 0 Å². The van der Waals surface area contributed by atoms with Gasteiger partial charge in [0, 0.05) is 5.39 Å². The molecule has 1 saturated carbocycles. The van der Waals surface area contributed by atoms with Gasteiger partial charge in [-0.1, -0.05) is 32.9 Å². The molecule has 1 aliphatic carbocycles. The molecule has 1 aliphatic rings. The standard InChI is InChI=1S/C19H27NO/c1-5-10-20-18(14-7-8-14)17-11-16-13(4)6-9-15(12(2)3)19(16)21-17/h6,9,11-12,14,18,20H,5,7-8,10H2,1-4H3. The van der Waals surface area contributed by atoms with E-state index in [0.717, 1.165) is 23.8 Å². The summed E-state index contributed by atoms with van der Waals surface area (Å²) < 4.78 is 6.34. The van der Waals surface area contributed by atoms with E-state index in [9.17, 15) is 0 Å². The Bertz CT molecular complexity index is 622. The van der Waals surface area contributed by atoms with Gasteiger partial charge < -0.3 is 9.73 Å². The van der Waals surface area contributed by atoms with Crippen LogP contribution in [-0.2, 0) is 0 Å². The molecule has 21 heavy (non-hydrogen) atoms. The molecule has 1 heterocycles. The third-order valence-corrected chi connectivity index (χ3v) is 4.59. The summed E-state index contributed by atoms with van der Waals surface area (Å²) in [7, 11) is 0. The Morgan fingerprint density at radius 1 is 1.29 bits per heavy atom. The SMILES string of the molecule is CCCNC(c1cc2c(C)ccc(C(C)C)c2o1)C1CC1. The zero-order valence-corrected chi connectivity index (χ0v) is 13.7. The molecule has 1 atom stereocenters. The topological polar surface area (TPSA) is 25.2 Å². The largest absolute Gasteiger partial charge is 0.459 e. The van der Waals surface area contributed by atoms with Gasteiger partial charge in [-0.25, -0.2) is 0 Å². The van der Waals surface area contributed by atoms with E-state index >= 15 is 0 Å². The monoisotopic (exact) mass is 285 g/mol. The quantitative estimate of drug-likeness (QED) is 0.777. The van der Waals surface area contributed by atoms with Crippen molar-refractivity contribution in [2.75, 3.05) is 6.54 Å². The lowest BCUT2D eigenvalue weighted by molar-refractivity contribution is 0.395. The van der Waals surface area contributed by atoms with Crippen LogP contribution in [0.25, 0.3) is 11.0 Å². The van der Waals surface area contributed by atoms with Crippen LogP contribution in [0.1, 0.15) is 68.9 Å². The van der Waals surface area contributed by atoms with Crippen LogP contribution in [0.2, 0.25) is 0 Å². The van der Waals surface area contributed by atoms with Crippen molar-refractivity contribution in [2.24, 2.45) is 5.92 Å². The number of aryl methyl sites for hydroxylation is 1. The highest BCUT2D eigenvalue weighted by atomic mass is 16.3. The van der Waals surface area contributed by atoms with E-state index in [1.54, 1.807) is 0 Å². The summed E-state index contributed by atoms with van der Waals surface area (Å²) in [5.74, 6) is 2.40. The van der Waals surface area contributed by atoms with Crippen LogP contribution < -0.4 is 5.32 Å². The third-order valence-electron chi connectivity index (χ3n) is 4.59. The van der Waals surface area contributed by atoms with E-state index in [4.69, 9.17) is 4.42 Å². The molecule has 2 aromatic rings. The first-order chi connectivity index (χ1) is 10.1. The number of hydrogen-bond donors (Lipinski definition) is 1. The molecule has 114 valence electrons. The molecule has 1 aromatic heterocycles. The van der Waals surface area contributed by atoms with Crippen molar-refractivity contribution < 1.29 is 4.42 Å². The average Bonchev–Trinajstić information content (AvgIpc) is 3.18. The summed E-state index contributed by atoms with van der Waals surface area (Å²) in [5, 5.41) is 4.97. The Kier molecular flexibility index (Phi) is 4.08. The first kappa shape index (κ1) is 14.6. The third kappa shape index (κ3) is 2.87. The van der Waals surface area contributed by atoms with Crippen molar-refractivity contribution in [2.45, 2.75) is 58.9 Å². The van der Waals surface area contributed by atoms with E-state index in [1.807, 2.05) is 0 Å². The lowest BCUT2D eigenvalue weighted by Gasteiger charge is -2.15. The fraction of sp³-hybridized carbons (Fsp3) is 0.579. The first-order valence-corrected chi connectivity index (χ1v) is 8.38. The Labute approximate surface area is 127 Å². The molecule has 0 saturated heterocycles. The van der Waals surface area contributed by atoms with Crippen LogP contribution >= 0.6 is 0 Å². The van der Waals surface area contributed by atoms with E-state index in [0.29, 0.717) is 12.0 Å². The van der Waals surface area contributed by atoms with Gasteiger partial charge in [0.2, 0.25) is 0 Å². The van der Waals surface area contributed by atoms with E-state index in [2.05, 4.69) is 51.2 Å². The van der Waals surface area contributed by atoms with Gasteiger partial charge in [0.15, 0.2) is 0 Å². The molecular weight excluding hydrogens is 258 g/mol. The van der Waals surface area contributed by atoms with Crippen LogP contribution in [0.5, 0.6) is 0 Å². The minimum Gasteiger partial charge on any atom is -0.459 e. The Balaban J connectivity index is 2.02. The van der Waals surface area contributed by atoms with Crippen LogP contribution in [0, 0.1) is 12.8 Å². The predicted molar refractivity (Wildman–Crippen MR) is 88.8 cm³/mol. The van der Waals surface area contributed by atoms with Crippen molar-refractivity contribution in [3.63, 3.8) is 0 Å². The van der Waals surface area contributed by atoms with E-state index in [-0.39, 0.29) is 0 Å². The molecule has 3 rings (SSSR count). The second kappa shape index (κ2) is 5.84. The molecule has 1 fully saturated rings. The molecule has 0 bridgehead atoms. The van der Waals surface area contributed by atoms with Gasteiger partial charge in [0.05, 0.1) is 6.04 Å². The summed E-state index contributed by atoms with van der Waals surface area (Å²) in [6, 6.07) is 7.13. The first-order valence-electron chi connectivity index (χ1n) is 8.38. The Hall–Kier alpha value is -1.28. The normalized spacial score (nSPS) is 16.8. The zero-order valence-electron chi connectivity index (χ0n) is 13.7. The number of furan rings is 1. The maximum Gasteiger partial charge on any atom is 0.138 e. The van der Waals surface area contributed by atoms with E-state index < -0.39 is 0 Å². The highest BCUT2D eigenvalue weighted by Crippen LogP contribution is 2.43. The average molecular weight is 285 g/mol. The van der Waals surface area contributed by atoms with Gasteiger partial charge in [-0.15, -0.1) is 0 Å². The molecule has 1 unspecified atom stereocenters. The molecule has 0 amide bonds. The van der Waals surface area contributed by atoms with Crippen molar-refractivity contribution in [1.29, 1.82) is 0 Å². The maximum atomic E-state index is 6.34. The summed E-state index contributed by atoms with van der Waals surface area (Å²) in [5.41, 5.74) is 3.74. The maximum absolute atomic E-state index is 6.34. The minimum absolute atomic E-state index is 0.400. The number of nitrogens with one attached hydrogen (secondary N) is 1. The molecule has 1 aromatic carbocycles. The number of hydrogen-bond acceptors (Lipinski definition) is 2. The Morgan fingerprint density at radius 3 is 2.67 bits per heavy atom. The van der Waals surface area contributed by atoms with Crippen molar-refractivity contribution in [1.82, 2.24) is 5.32 Å². The van der Waals surface area contributed by atoms with Crippen LogP contribution in [0.4, 0.5) is 0 Å². The van der Waals surface area contributed by atoms with Crippen molar-refractivity contribution >= 4 is 11.0 Å². The van der Waals surface area contributed by atoms with Crippen LogP contribution in [0.15, 0.2) is 22.6 Å². The minimum atomic E-state index is 0.400. The van der Waals surface area contributed by atoms with Crippen LogP contribution in [-0.4, -0.2) is 6.54 Å². The van der Waals surface area contributed by atoms with Crippen molar-refractivity contribution in [3.05, 3.63) is 35.1 Å². The summed E-state index contributed by atoms with van der Waals surface area (Å²) >= 11 is 0. The number of rotatable bonds is 6. The zero-order chi connectivity index (χ0) is 15.0. The second-order valence-corrected chi connectivity index (χ2v) is 6.79. The molecular formula is C19H27NO. The lowest BCUT2D eigenvalue weighted by Crippen LogP contribution is -2.23. The predicted octanol–water partition coefficient (Wildman–Crippen LogP) is 5.32. The smallest absolute Gasteiger partial charge is 0.138 e. The highest BCUT2D eigenvalue weighted by molar-refractivity contribution is 5.85.